The van der Waals surface area contributed by atoms with Gasteiger partial charge >= 0.3 is 6.36 Å². The summed E-state index contributed by atoms with van der Waals surface area (Å²) < 4.78 is 41.3. The number of phenols is 2. The number of ether oxygens (including phenoxy) is 1. The number of alkyl halides is 3. The zero-order chi connectivity index (χ0) is 22.0. The Balaban J connectivity index is 1.81. The monoisotopic (exact) mass is 423 g/mol. The topological polar surface area (TPSA) is 62.6 Å². The Hall–Kier alpha value is -4.00. The largest absolute Gasteiger partial charge is 0.573 e. The van der Waals surface area contributed by atoms with Crippen molar-refractivity contribution in [3.63, 3.8) is 0 Å². The van der Waals surface area contributed by atoms with E-state index in [1.807, 2.05) is 0 Å². The molecule has 0 aliphatic rings. The van der Waals surface area contributed by atoms with Crippen molar-refractivity contribution >= 4 is 0 Å². The number of pyridine rings is 1. The van der Waals surface area contributed by atoms with E-state index in [1.54, 1.807) is 60.7 Å². The van der Waals surface area contributed by atoms with Crippen molar-refractivity contribution < 1.29 is 28.1 Å². The fraction of sp³-hybridized carbons (Fsp3) is 0.0417. The predicted octanol–water partition coefficient (Wildman–Crippen LogP) is 6.39. The quantitative estimate of drug-likeness (QED) is 0.399. The third kappa shape index (κ3) is 4.95. The van der Waals surface area contributed by atoms with Crippen LogP contribution in [0.15, 0.2) is 84.9 Å². The molecule has 4 rings (SSSR count). The molecule has 3 aromatic carbocycles. The van der Waals surface area contributed by atoms with Gasteiger partial charge in [0, 0.05) is 11.1 Å². The highest BCUT2D eigenvalue weighted by atomic mass is 19.4. The number of aromatic hydroxyl groups is 2. The molecule has 0 radical (unpaired) electrons. The maximum Gasteiger partial charge on any atom is 0.573 e. The van der Waals surface area contributed by atoms with Crippen molar-refractivity contribution in [3.8, 4) is 50.9 Å². The molecule has 0 fully saturated rings. The molecule has 0 aliphatic heterocycles. The van der Waals surface area contributed by atoms with E-state index in [1.165, 1.54) is 24.3 Å². The van der Waals surface area contributed by atoms with Gasteiger partial charge in [0.2, 0.25) is 0 Å². The number of benzene rings is 3. The first-order chi connectivity index (χ1) is 14.8. The number of rotatable bonds is 4. The summed E-state index contributed by atoms with van der Waals surface area (Å²) in [6, 6.07) is 22.3. The van der Waals surface area contributed by atoms with E-state index >= 15 is 0 Å². The third-order valence-corrected chi connectivity index (χ3v) is 4.53. The lowest BCUT2D eigenvalue weighted by atomic mass is 10.00. The van der Waals surface area contributed by atoms with E-state index in [2.05, 4.69) is 9.72 Å². The summed E-state index contributed by atoms with van der Waals surface area (Å²) in [6.45, 7) is 0. The highest BCUT2D eigenvalue weighted by Crippen LogP contribution is 2.33. The van der Waals surface area contributed by atoms with Crippen LogP contribution in [0.5, 0.6) is 17.2 Å². The first kappa shape index (κ1) is 20.3. The van der Waals surface area contributed by atoms with Crippen LogP contribution in [-0.4, -0.2) is 21.6 Å². The van der Waals surface area contributed by atoms with Gasteiger partial charge in [0.1, 0.15) is 17.2 Å². The van der Waals surface area contributed by atoms with Crippen LogP contribution in [0.3, 0.4) is 0 Å². The Morgan fingerprint density at radius 2 is 1.13 bits per heavy atom. The Morgan fingerprint density at radius 3 is 1.58 bits per heavy atom. The summed E-state index contributed by atoms with van der Waals surface area (Å²) in [5, 5.41) is 19.7. The third-order valence-electron chi connectivity index (χ3n) is 4.53. The van der Waals surface area contributed by atoms with Gasteiger partial charge in [0.25, 0.3) is 0 Å². The Morgan fingerprint density at radius 1 is 0.613 bits per heavy atom. The average molecular weight is 423 g/mol. The van der Waals surface area contributed by atoms with Crippen molar-refractivity contribution in [2.45, 2.75) is 6.36 Å². The Kier molecular flexibility index (Phi) is 5.25. The van der Waals surface area contributed by atoms with Crippen LogP contribution in [0.4, 0.5) is 13.2 Å². The maximum atomic E-state index is 12.4. The van der Waals surface area contributed by atoms with Gasteiger partial charge in [-0.1, -0.05) is 36.4 Å². The normalized spacial score (nSPS) is 11.3. The molecule has 0 atom stereocenters. The van der Waals surface area contributed by atoms with E-state index in [4.69, 9.17) is 0 Å². The molecule has 156 valence electrons. The van der Waals surface area contributed by atoms with Crippen LogP contribution >= 0.6 is 0 Å². The molecule has 0 spiro atoms. The fourth-order valence-electron chi connectivity index (χ4n) is 3.17. The molecule has 4 aromatic rings. The van der Waals surface area contributed by atoms with Crippen molar-refractivity contribution in [3.05, 3.63) is 84.9 Å². The Bertz CT molecular complexity index is 1160. The zero-order valence-electron chi connectivity index (χ0n) is 16.0. The zero-order valence-corrected chi connectivity index (χ0v) is 16.0. The second-order valence-electron chi connectivity index (χ2n) is 6.80. The summed E-state index contributed by atoms with van der Waals surface area (Å²) in [4.78, 5) is 4.65. The van der Waals surface area contributed by atoms with E-state index in [0.29, 0.717) is 33.6 Å². The lowest BCUT2D eigenvalue weighted by Crippen LogP contribution is -2.16. The molecule has 0 bridgehead atoms. The smallest absolute Gasteiger partial charge is 0.508 e. The summed E-state index contributed by atoms with van der Waals surface area (Å²) in [5.74, 6) is -0.152. The maximum absolute atomic E-state index is 12.4. The van der Waals surface area contributed by atoms with Gasteiger partial charge in [-0.05, 0) is 59.7 Å². The van der Waals surface area contributed by atoms with Crippen LogP contribution in [0, 0.1) is 0 Å². The molecule has 4 nitrogen and oxygen atoms in total. The number of halogens is 3. The van der Waals surface area contributed by atoms with Crippen LogP contribution in [0.25, 0.3) is 33.6 Å². The second-order valence-corrected chi connectivity index (χ2v) is 6.80. The fourth-order valence-corrected chi connectivity index (χ4v) is 3.17. The van der Waals surface area contributed by atoms with Crippen LogP contribution in [-0.2, 0) is 0 Å². The molecule has 2 N–H and O–H groups in total. The van der Waals surface area contributed by atoms with Crippen LogP contribution in [0.1, 0.15) is 0 Å². The van der Waals surface area contributed by atoms with Crippen LogP contribution < -0.4 is 4.74 Å². The number of aromatic nitrogens is 1. The summed E-state index contributed by atoms with van der Waals surface area (Å²) in [6.07, 6.45) is -4.76. The number of phenolic OH excluding ortho intramolecular Hbond substituents is 2. The van der Waals surface area contributed by atoms with Gasteiger partial charge in [-0.3, -0.25) is 0 Å². The number of nitrogens with zero attached hydrogens (tertiary/aromatic N) is 1. The first-order valence-electron chi connectivity index (χ1n) is 9.24. The minimum absolute atomic E-state index is 0.0808. The van der Waals surface area contributed by atoms with Crippen molar-refractivity contribution in [1.82, 2.24) is 4.98 Å². The standard InChI is InChI=1S/C24H16F3NO3/c25-24(26,27)31-21-9-7-15(8-10-21)18-13-22(16-3-1-5-19(29)11-16)28-23(14-18)17-4-2-6-20(30)12-17/h1-14,29-30H. The molecular weight excluding hydrogens is 407 g/mol. The molecule has 0 unspecified atom stereocenters. The van der Waals surface area contributed by atoms with Gasteiger partial charge < -0.3 is 14.9 Å². The average Bonchev–Trinajstić information content (AvgIpc) is 2.73. The SMILES string of the molecule is Oc1cccc(-c2cc(-c3ccc(OC(F)(F)F)cc3)cc(-c3cccc(O)c3)n2)c1. The molecule has 7 heteroatoms. The van der Waals surface area contributed by atoms with Crippen molar-refractivity contribution in [1.29, 1.82) is 0 Å². The number of hydrogen-bond donors (Lipinski definition) is 2. The molecule has 1 aromatic heterocycles. The summed E-state index contributed by atoms with van der Waals surface area (Å²) in [5.41, 5.74) is 3.80. The molecule has 0 saturated carbocycles. The molecule has 31 heavy (non-hydrogen) atoms. The molecule has 0 amide bonds. The Labute approximate surface area is 175 Å². The molecule has 0 saturated heterocycles. The van der Waals surface area contributed by atoms with E-state index in [0.717, 1.165) is 0 Å². The van der Waals surface area contributed by atoms with Crippen LogP contribution in [0.2, 0.25) is 0 Å². The van der Waals surface area contributed by atoms with Crippen molar-refractivity contribution in [2.75, 3.05) is 0 Å². The van der Waals surface area contributed by atoms with E-state index < -0.39 is 6.36 Å². The molecule has 0 aliphatic carbocycles. The van der Waals surface area contributed by atoms with Crippen molar-refractivity contribution in [2.24, 2.45) is 0 Å². The lowest BCUT2D eigenvalue weighted by molar-refractivity contribution is -0.274. The molecule has 1 heterocycles. The van der Waals surface area contributed by atoms with E-state index in [-0.39, 0.29) is 17.2 Å². The minimum Gasteiger partial charge on any atom is -0.508 e. The van der Waals surface area contributed by atoms with Gasteiger partial charge in [0.05, 0.1) is 11.4 Å². The highest BCUT2D eigenvalue weighted by molar-refractivity contribution is 5.77. The predicted molar refractivity (Wildman–Crippen MR) is 111 cm³/mol. The minimum atomic E-state index is -4.76. The van der Waals surface area contributed by atoms with Gasteiger partial charge in [-0.25, -0.2) is 4.98 Å². The summed E-state index contributed by atoms with van der Waals surface area (Å²) in [7, 11) is 0. The van der Waals surface area contributed by atoms with Gasteiger partial charge in [0.15, 0.2) is 0 Å². The van der Waals surface area contributed by atoms with E-state index in [9.17, 15) is 23.4 Å². The second kappa shape index (κ2) is 8.02. The lowest BCUT2D eigenvalue weighted by Gasteiger charge is -2.12. The molecular formula is C24H16F3NO3. The van der Waals surface area contributed by atoms with Gasteiger partial charge in [-0.15, -0.1) is 13.2 Å². The summed E-state index contributed by atoms with van der Waals surface area (Å²) >= 11 is 0. The first-order valence-corrected chi connectivity index (χ1v) is 9.24. The van der Waals surface area contributed by atoms with Gasteiger partial charge in [-0.2, -0.15) is 0 Å². The highest BCUT2D eigenvalue weighted by Gasteiger charge is 2.31. The number of hydrogen-bond acceptors (Lipinski definition) is 4.